The second-order valence-electron chi connectivity index (χ2n) is 6.51. The van der Waals surface area contributed by atoms with Crippen LogP contribution in [0.4, 0.5) is 0 Å². The van der Waals surface area contributed by atoms with Gasteiger partial charge in [-0.25, -0.2) is 0 Å². The number of methoxy groups -OCH3 is 2. The predicted molar refractivity (Wildman–Crippen MR) is 107 cm³/mol. The van der Waals surface area contributed by atoms with Gasteiger partial charge in [-0.1, -0.05) is 25.1 Å². The summed E-state index contributed by atoms with van der Waals surface area (Å²) in [5, 5.41) is 2.97. The van der Waals surface area contributed by atoms with E-state index in [9.17, 15) is 4.79 Å². The summed E-state index contributed by atoms with van der Waals surface area (Å²) in [7, 11) is 3.22. The van der Waals surface area contributed by atoms with Crippen molar-refractivity contribution in [1.82, 2.24) is 5.32 Å². The van der Waals surface area contributed by atoms with Crippen molar-refractivity contribution in [3.8, 4) is 17.2 Å². The number of nitrogens with one attached hydrogen (secondary N) is 1. The third kappa shape index (κ3) is 5.64. The van der Waals surface area contributed by atoms with Gasteiger partial charge in [-0.3, -0.25) is 4.79 Å². The van der Waals surface area contributed by atoms with Crippen LogP contribution in [0.3, 0.4) is 0 Å². The molecule has 1 N–H and O–H groups in total. The molecule has 0 aliphatic carbocycles. The van der Waals surface area contributed by atoms with Crippen molar-refractivity contribution in [3.63, 3.8) is 0 Å². The number of carbonyl (C=O) groups excluding carboxylic acids is 1. The molecule has 1 atom stereocenters. The Kier molecular flexibility index (Phi) is 7.53. The second-order valence-corrected chi connectivity index (χ2v) is 6.51. The minimum absolute atomic E-state index is 0.0983. The Labute approximate surface area is 161 Å². The quantitative estimate of drug-likeness (QED) is 0.728. The minimum atomic E-state index is -0.504. The number of rotatable bonds is 9. The Balaban J connectivity index is 1.92. The van der Waals surface area contributed by atoms with Gasteiger partial charge in [-0.05, 0) is 61.6 Å². The fourth-order valence-electron chi connectivity index (χ4n) is 2.79. The van der Waals surface area contributed by atoms with E-state index in [2.05, 4.69) is 5.32 Å². The Bertz CT molecular complexity index is 773. The first-order chi connectivity index (χ1) is 13.0. The molecular formula is C22H29NO4. The lowest BCUT2D eigenvalue weighted by Crippen LogP contribution is -2.39. The zero-order valence-electron chi connectivity index (χ0n) is 16.8. The molecule has 0 saturated heterocycles. The molecule has 0 fully saturated rings. The first-order valence-corrected chi connectivity index (χ1v) is 9.21. The summed E-state index contributed by atoms with van der Waals surface area (Å²) in [6.45, 7) is 6.47. The van der Waals surface area contributed by atoms with Crippen molar-refractivity contribution in [2.24, 2.45) is 0 Å². The van der Waals surface area contributed by atoms with Gasteiger partial charge in [0.1, 0.15) is 5.75 Å². The number of amides is 1. The number of hydrogen-bond donors (Lipinski definition) is 1. The smallest absolute Gasteiger partial charge is 0.261 e. The summed E-state index contributed by atoms with van der Waals surface area (Å²) in [4.78, 5) is 12.5. The van der Waals surface area contributed by atoms with E-state index in [1.54, 1.807) is 14.2 Å². The van der Waals surface area contributed by atoms with Crippen LogP contribution in [0.15, 0.2) is 36.4 Å². The molecule has 0 bridgehead atoms. The summed E-state index contributed by atoms with van der Waals surface area (Å²) in [5.41, 5.74) is 3.20. The van der Waals surface area contributed by atoms with Gasteiger partial charge < -0.3 is 19.5 Å². The summed E-state index contributed by atoms with van der Waals surface area (Å²) >= 11 is 0. The van der Waals surface area contributed by atoms with Crippen molar-refractivity contribution < 1.29 is 19.0 Å². The number of hydrogen-bond acceptors (Lipinski definition) is 4. The topological polar surface area (TPSA) is 56.8 Å². The molecule has 5 heteroatoms. The lowest BCUT2D eigenvalue weighted by molar-refractivity contribution is -0.128. The molecule has 0 spiro atoms. The van der Waals surface area contributed by atoms with Crippen LogP contribution in [0.1, 0.15) is 30.0 Å². The SMILES string of the molecule is CC[C@@H](Oc1cc(C)ccc1C)C(=O)NCCc1ccc(OC)c(OC)c1. The Hall–Kier alpha value is -2.69. The summed E-state index contributed by atoms with van der Waals surface area (Å²) in [5.74, 6) is 2.04. The maximum absolute atomic E-state index is 12.5. The van der Waals surface area contributed by atoms with E-state index >= 15 is 0 Å². The van der Waals surface area contributed by atoms with Gasteiger partial charge in [0.05, 0.1) is 14.2 Å². The first kappa shape index (κ1) is 20.6. The zero-order chi connectivity index (χ0) is 19.8. The third-order valence-corrected chi connectivity index (χ3v) is 4.44. The highest BCUT2D eigenvalue weighted by molar-refractivity contribution is 5.81. The average Bonchev–Trinajstić information content (AvgIpc) is 2.68. The molecule has 0 radical (unpaired) electrons. The maximum Gasteiger partial charge on any atom is 0.261 e. The van der Waals surface area contributed by atoms with Crippen LogP contribution in [0.25, 0.3) is 0 Å². The fraction of sp³-hybridized carbons (Fsp3) is 0.409. The third-order valence-electron chi connectivity index (χ3n) is 4.44. The van der Waals surface area contributed by atoms with Crippen LogP contribution in [-0.2, 0) is 11.2 Å². The molecule has 2 aromatic rings. The molecule has 2 aromatic carbocycles. The van der Waals surface area contributed by atoms with Crippen LogP contribution in [0.2, 0.25) is 0 Å². The highest BCUT2D eigenvalue weighted by Crippen LogP contribution is 2.27. The highest BCUT2D eigenvalue weighted by atomic mass is 16.5. The van der Waals surface area contributed by atoms with E-state index < -0.39 is 6.10 Å². The van der Waals surface area contributed by atoms with Crippen LogP contribution in [0, 0.1) is 13.8 Å². The van der Waals surface area contributed by atoms with Crippen molar-refractivity contribution in [1.29, 1.82) is 0 Å². The Morgan fingerprint density at radius 3 is 2.41 bits per heavy atom. The van der Waals surface area contributed by atoms with Gasteiger partial charge >= 0.3 is 0 Å². The maximum atomic E-state index is 12.5. The highest BCUT2D eigenvalue weighted by Gasteiger charge is 2.19. The molecule has 0 unspecified atom stereocenters. The summed E-state index contributed by atoms with van der Waals surface area (Å²) < 4.78 is 16.5. The number of aryl methyl sites for hydroxylation is 2. The minimum Gasteiger partial charge on any atom is -0.493 e. The van der Waals surface area contributed by atoms with E-state index in [1.165, 1.54) is 0 Å². The number of carbonyl (C=O) groups is 1. The second kappa shape index (κ2) is 9.86. The standard InChI is InChI=1S/C22H29NO4/c1-6-18(27-20-13-15(2)7-8-16(20)3)22(24)23-12-11-17-9-10-19(25-4)21(14-17)26-5/h7-10,13-14,18H,6,11-12H2,1-5H3,(H,23,24)/t18-/m1/s1. The fourth-order valence-corrected chi connectivity index (χ4v) is 2.79. The van der Waals surface area contributed by atoms with Crippen molar-refractivity contribution in [2.45, 2.75) is 39.7 Å². The van der Waals surface area contributed by atoms with Crippen LogP contribution in [0.5, 0.6) is 17.2 Å². The van der Waals surface area contributed by atoms with Crippen LogP contribution >= 0.6 is 0 Å². The van der Waals surface area contributed by atoms with Gasteiger partial charge in [0.25, 0.3) is 5.91 Å². The Morgan fingerprint density at radius 1 is 1.00 bits per heavy atom. The first-order valence-electron chi connectivity index (χ1n) is 9.21. The largest absolute Gasteiger partial charge is 0.493 e. The van der Waals surface area contributed by atoms with Gasteiger partial charge in [-0.2, -0.15) is 0 Å². The number of ether oxygens (including phenoxy) is 3. The van der Waals surface area contributed by atoms with Gasteiger partial charge in [-0.15, -0.1) is 0 Å². The molecule has 2 rings (SSSR count). The van der Waals surface area contributed by atoms with E-state index in [4.69, 9.17) is 14.2 Å². The molecule has 27 heavy (non-hydrogen) atoms. The lowest BCUT2D eigenvalue weighted by atomic mass is 10.1. The van der Waals surface area contributed by atoms with Crippen LogP contribution < -0.4 is 19.5 Å². The van der Waals surface area contributed by atoms with E-state index in [1.807, 2.05) is 57.2 Å². The Morgan fingerprint density at radius 2 is 1.74 bits per heavy atom. The monoisotopic (exact) mass is 371 g/mol. The molecule has 0 aliphatic heterocycles. The van der Waals surface area contributed by atoms with E-state index in [0.29, 0.717) is 30.9 Å². The summed E-state index contributed by atoms with van der Waals surface area (Å²) in [6, 6.07) is 11.8. The van der Waals surface area contributed by atoms with Crippen molar-refractivity contribution in [3.05, 3.63) is 53.1 Å². The van der Waals surface area contributed by atoms with Gasteiger partial charge in [0.15, 0.2) is 17.6 Å². The molecule has 5 nitrogen and oxygen atoms in total. The van der Waals surface area contributed by atoms with Gasteiger partial charge in [0.2, 0.25) is 0 Å². The van der Waals surface area contributed by atoms with Gasteiger partial charge in [0, 0.05) is 6.54 Å². The zero-order valence-corrected chi connectivity index (χ0v) is 16.8. The molecule has 0 aromatic heterocycles. The van der Waals surface area contributed by atoms with Crippen molar-refractivity contribution in [2.75, 3.05) is 20.8 Å². The van der Waals surface area contributed by atoms with Crippen molar-refractivity contribution >= 4 is 5.91 Å². The van der Waals surface area contributed by atoms with E-state index in [0.717, 1.165) is 22.4 Å². The molecule has 146 valence electrons. The molecular weight excluding hydrogens is 342 g/mol. The van der Waals surface area contributed by atoms with E-state index in [-0.39, 0.29) is 5.91 Å². The molecule has 0 aliphatic rings. The average molecular weight is 371 g/mol. The van der Waals surface area contributed by atoms with Crippen LogP contribution in [-0.4, -0.2) is 32.8 Å². The number of benzene rings is 2. The predicted octanol–water partition coefficient (Wildman–Crippen LogP) is 3.84. The summed E-state index contributed by atoms with van der Waals surface area (Å²) in [6.07, 6.45) is 0.803. The molecule has 1 amide bonds. The lowest BCUT2D eigenvalue weighted by Gasteiger charge is -2.19. The molecule has 0 heterocycles. The normalized spacial score (nSPS) is 11.6. The molecule has 0 saturated carbocycles.